The molecule has 6 heteroatoms. The number of anilines is 1. The Morgan fingerprint density at radius 1 is 1.24 bits per heavy atom. The van der Waals surface area contributed by atoms with Gasteiger partial charge in [-0.3, -0.25) is 5.43 Å². The summed E-state index contributed by atoms with van der Waals surface area (Å²) in [5.41, 5.74) is 4.61. The van der Waals surface area contributed by atoms with Crippen LogP contribution in [-0.4, -0.2) is 18.4 Å². The van der Waals surface area contributed by atoms with Crippen LogP contribution in [0.5, 0.6) is 5.75 Å². The van der Waals surface area contributed by atoms with Gasteiger partial charge in [-0.25, -0.2) is 0 Å². The fourth-order valence-corrected chi connectivity index (χ4v) is 2.34. The van der Waals surface area contributed by atoms with Gasteiger partial charge in [-0.2, -0.15) is 5.10 Å². The standard InChI is InChI=1S/C15H14BrN3OS/c1-20-14-8-7-11(9-13(14)16)10-17-19-15(21)18-12-5-3-2-4-6-12/h2-10H,1H3,(H2,18,19,21)/b17-10+. The Hall–Kier alpha value is -1.92. The van der Waals surface area contributed by atoms with Crippen molar-refractivity contribution in [1.29, 1.82) is 0 Å². The summed E-state index contributed by atoms with van der Waals surface area (Å²) in [7, 11) is 1.63. The Labute approximate surface area is 137 Å². The SMILES string of the molecule is COc1ccc(/C=N/NC(=S)Nc2ccccc2)cc1Br. The van der Waals surface area contributed by atoms with Crippen LogP contribution >= 0.6 is 28.1 Å². The average Bonchev–Trinajstić information content (AvgIpc) is 2.48. The predicted molar refractivity (Wildman–Crippen MR) is 94.1 cm³/mol. The minimum absolute atomic E-state index is 0.435. The fraction of sp³-hybridized carbons (Fsp3) is 0.0667. The van der Waals surface area contributed by atoms with Gasteiger partial charge in [-0.15, -0.1) is 0 Å². The summed E-state index contributed by atoms with van der Waals surface area (Å²) in [5, 5.41) is 7.56. The number of para-hydroxylation sites is 1. The van der Waals surface area contributed by atoms with Gasteiger partial charge in [0.2, 0.25) is 0 Å². The van der Waals surface area contributed by atoms with Gasteiger partial charge in [-0.05, 0) is 64.0 Å². The van der Waals surface area contributed by atoms with E-state index < -0.39 is 0 Å². The number of nitrogens with zero attached hydrogens (tertiary/aromatic N) is 1. The molecule has 108 valence electrons. The number of nitrogens with one attached hydrogen (secondary N) is 2. The van der Waals surface area contributed by atoms with E-state index in [2.05, 4.69) is 31.8 Å². The summed E-state index contributed by atoms with van der Waals surface area (Å²) >= 11 is 8.58. The maximum absolute atomic E-state index is 5.17. The highest BCUT2D eigenvalue weighted by Gasteiger charge is 1.99. The third-order valence-electron chi connectivity index (χ3n) is 2.59. The molecule has 0 amide bonds. The summed E-state index contributed by atoms with van der Waals surface area (Å²) in [4.78, 5) is 0. The molecule has 0 aliphatic rings. The Morgan fingerprint density at radius 2 is 2.00 bits per heavy atom. The van der Waals surface area contributed by atoms with Gasteiger partial charge in [0.15, 0.2) is 5.11 Å². The molecule has 2 aromatic rings. The fourth-order valence-electron chi connectivity index (χ4n) is 1.61. The van der Waals surface area contributed by atoms with E-state index in [4.69, 9.17) is 17.0 Å². The number of thiocarbonyl (C=S) groups is 1. The number of hydrazone groups is 1. The van der Waals surface area contributed by atoms with E-state index in [9.17, 15) is 0 Å². The predicted octanol–water partition coefficient (Wildman–Crippen LogP) is 3.78. The van der Waals surface area contributed by atoms with Crippen LogP contribution in [0.4, 0.5) is 5.69 Å². The van der Waals surface area contributed by atoms with Crippen LogP contribution in [-0.2, 0) is 0 Å². The van der Waals surface area contributed by atoms with Crippen molar-refractivity contribution in [2.45, 2.75) is 0 Å². The number of benzene rings is 2. The summed E-state index contributed by atoms with van der Waals surface area (Å²) in [6.45, 7) is 0. The van der Waals surface area contributed by atoms with Gasteiger partial charge < -0.3 is 10.1 Å². The van der Waals surface area contributed by atoms with E-state index in [1.165, 1.54) is 0 Å². The molecule has 0 heterocycles. The molecule has 0 fully saturated rings. The highest BCUT2D eigenvalue weighted by Crippen LogP contribution is 2.24. The van der Waals surface area contributed by atoms with Crippen molar-refractivity contribution in [3.05, 3.63) is 58.6 Å². The van der Waals surface area contributed by atoms with E-state index in [0.717, 1.165) is 21.5 Å². The van der Waals surface area contributed by atoms with Crippen molar-refractivity contribution in [2.24, 2.45) is 5.10 Å². The Balaban J connectivity index is 1.90. The summed E-state index contributed by atoms with van der Waals surface area (Å²) in [6.07, 6.45) is 1.68. The summed E-state index contributed by atoms with van der Waals surface area (Å²) in [6, 6.07) is 15.4. The molecule has 4 nitrogen and oxygen atoms in total. The van der Waals surface area contributed by atoms with Crippen LogP contribution < -0.4 is 15.5 Å². The largest absolute Gasteiger partial charge is 0.496 e. The van der Waals surface area contributed by atoms with Crippen molar-refractivity contribution in [1.82, 2.24) is 5.43 Å². The first kappa shape index (κ1) is 15.5. The first-order valence-electron chi connectivity index (χ1n) is 6.17. The van der Waals surface area contributed by atoms with Crippen molar-refractivity contribution in [3.63, 3.8) is 0 Å². The molecular weight excluding hydrogens is 350 g/mol. The first-order chi connectivity index (χ1) is 10.2. The van der Waals surface area contributed by atoms with E-state index in [1.54, 1.807) is 13.3 Å². The molecule has 0 saturated carbocycles. The second kappa shape index (κ2) is 7.75. The first-order valence-corrected chi connectivity index (χ1v) is 7.38. The number of ether oxygens (including phenoxy) is 1. The maximum atomic E-state index is 5.17. The second-order valence-electron chi connectivity index (χ2n) is 4.08. The number of hydrogen-bond donors (Lipinski definition) is 2. The van der Waals surface area contributed by atoms with Crippen LogP contribution in [0.15, 0.2) is 58.1 Å². The maximum Gasteiger partial charge on any atom is 0.191 e. The Bertz CT molecular complexity index is 647. The highest BCUT2D eigenvalue weighted by atomic mass is 79.9. The molecule has 2 N–H and O–H groups in total. The summed E-state index contributed by atoms with van der Waals surface area (Å²) < 4.78 is 6.05. The molecule has 0 radical (unpaired) electrons. The van der Waals surface area contributed by atoms with Crippen LogP contribution in [0.1, 0.15) is 5.56 Å². The van der Waals surface area contributed by atoms with Gasteiger partial charge in [-0.1, -0.05) is 18.2 Å². The van der Waals surface area contributed by atoms with E-state index in [1.807, 2.05) is 48.5 Å². The van der Waals surface area contributed by atoms with Gasteiger partial charge in [0.1, 0.15) is 5.75 Å². The molecule has 2 rings (SSSR count). The number of methoxy groups -OCH3 is 1. The smallest absolute Gasteiger partial charge is 0.191 e. The lowest BCUT2D eigenvalue weighted by Gasteiger charge is -2.06. The van der Waals surface area contributed by atoms with Crippen LogP contribution in [0.2, 0.25) is 0 Å². The molecule has 0 aliphatic carbocycles. The molecule has 2 aromatic carbocycles. The second-order valence-corrected chi connectivity index (χ2v) is 5.35. The molecule has 0 unspecified atom stereocenters. The van der Waals surface area contributed by atoms with Crippen LogP contribution in [0.25, 0.3) is 0 Å². The lowest BCUT2D eigenvalue weighted by atomic mass is 10.2. The molecule has 0 bridgehead atoms. The zero-order chi connectivity index (χ0) is 15.1. The molecule has 21 heavy (non-hydrogen) atoms. The minimum Gasteiger partial charge on any atom is -0.496 e. The van der Waals surface area contributed by atoms with Gasteiger partial charge in [0.05, 0.1) is 17.8 Å². The van der Waals surface area contributed by atoms with Gasteiger partial charge in [0, 0.05) is 5.69 Å². The highest BCUT2D eigenvalue weighted by molar-refractivity contribution is 9.10. The normalized spacial score (nSPS) is 10.4. The monoisotopic (exact) mass is 363 g/mol. The lowest BCUT2D eigenvalue weighted by Crippen LogP contribution is -2.23. The molecule has 0 spiro atoms. The van der Waals surface area contributed by atoms with Crippen molar-refractivity contribution in [2.75, 3.05) is 12.4 Å². The topological polar surface area (TPSA) is 45.6 Å². The average molecular weight is 364 g/mol. The Kier molecular flexibility index (Phi) is 5.71. The third kappa shape index (κ3) is 4.84. The quantitative estimate of drug-likeness (QED) is 0.493. The molecule has 0 aliphatic heterocycles. The molecular formula is C15H14BrN3OS. The van der Waals surface area contributed by atoms with Gasteiger partial charge in [0.25, 0.3) is 0 Å². The van der Waals surface area contributed by atoms with E-state index in [-0.39, 0.29) is 0 Å². The zero-order valence-electron chi connectivity index (χ0n) is 11.3. The Morgan fingerprint density at radius 3 is 2.67 bits per heavy atom. The number of hydrogen-bond acceptors (Lipinski definition) is 3. The van der Waals surface area contributed by atoms with Crippen molar-refractivity contribution in [3.8, 4) is 5.75 Å². The zero-order valence-corrected chi connectivity index (χ0v) is 13.7. The van der Waals surface area contributed by atoms with E-state index >= 15 is 0 Å². The minimum atomic E-state index is 0.435. The van der Waals surface area contributed by atoms with Crippen molar-refractivity contribution >= 4 is 45.2 Å². The lowest BCUT2D eigenvalue weighted by molar-refractivity contribution is 0.412. The van der Waals surface area contributed by atoms with Crippen molar-refractivity contribution < 1.29 is 4.74 Å². The molecule has 0 aromatic heterocycles. The molecule has 0 saturated heterocycles. The van der Waals surface area contributed by atoms with E-state index in [0.29, 0.717) is 5.11 Å². The van der Waals surface area contributed by atoms with Crippen LogP contribution in [0.3, 0.4) is 0 Å². The van der Waals surface area contributed by atoms with Gasteiger partial charge >= 0.3 is 0 Å². The number of halogens is 1. The molecule has 0 atom stereocenters. The summed E-state index contributed by atoms with van der Waals surface area (Å²) in [5.74, 6) is 0.779. The number of rotatable bonds is 4. The third-order valence-corrected chi connectivity index (χ3v) is 3.40. The van der Waals surface area contributed by atoms with Crippen LogP contribution in [0, 0.1) is 0 Å².